The molecule has 1 rings (SSSR count). The molecule has 0 bridgehead atoms. The third-order valence-electron chi connectivity index (χ3n) is 3.12. The van der Waals surface area contributed by atoms with Crippen LogP contribution in [0.2, 0.25) is 0 Å². The van der Waals surface area contributed by atoms with Gasteiger partial charge < -0.3 is 10.2 Å². The Balaban J connectivity index is 2.67. The molecule has 3 nitrogen and oxygen atoms in total. The molecular formula is C11H22N2O. The topological polar surface area (TPSA) is 32.3 Å². The summed E-state index contributed by atoms with van der Waals surface area (Å²) in [5.41, 5.74) is 0. The quantitative estimate of drug-likeness (QED) is 0.724. The van der Waals surface area contributed by atoms with Crippen LogP contribution in [0, 0.1) is 5.92 Å². The second kappa shape index (κ2) is 4.78. The fourth-order valence-electron chi connectivity index (χ4n) is 2.00. The second-order valence-corrected chi connectivity index (χ2v) is 4.41. The van der Waals surface area contributed by atoms with E-state index in [-0.39, 0.29) is 5.92 Å². The normalized spacial score (nSPS) is 30.1. The summed E-state index contributed by atoms with van der Waals surface area (Å²) >= 11 is 0. The van der Waals surface area contributed by atoms with E-state index in [4.69, 9.17) is 0 Å². The van der Waals surface area contributed by atoms with Gasteiger partial charge in [0.25, 0.3) is 0 Å². The highest BCUT2D eigenvalue weighted by atomic mass is 16.2. The first-order valence-corrected chi connectivity index (χ1v) is 5.60. The molecule has 82 valence electrons. The molecule has 1 fully saturated rings. The fraction of sp³-hybridized carbons (Fsp3) is 0.909. The summed E-state index contributed by atoms with van der Waals surface area (Å²) in [5.74, 6) is 0.479. The number of amides is 1. The summed E-state index contributed by atoms with van der Waals surface area (Å²) in [5, 5.41) is 3.33. The molecule has 0 radical (unpaired) electrons. The van der Waals surface area contributed by atoms with E-state index in [1.807, 2.05) is 11.8 Å². The molecule has 3 atom stereocenters. The third kappa shape index (κ3) is 2.27. The second-order valence-electron chi connectivity index (χ2n) is 4.41. The number of nitrogens with zero attached hydrogens (tertiary/aromatic N) is 1. The Labute approximate surface area is 86.9 Å². The van der Waals surface area contributed by atoms with Crippen molar-refractivity contribution >= 4 is 5.91 Å². The van der Waals surface area contributed by atoms with Crippen molar-refractivity contribution in [2.24, 2.45) is 5.92 Å². The first-order valence-electron chi connectivity index (χ1n) is 5.60. The van der Waals surface area contributed by atoms with E-state index in [2.05, 4.69) is 26.1 Å². The number of carbonyl (C=O) groups is 1. The fourth-order valence-corrected chi connectivity index (χ4v) is 2.00. The van der Waals surface area contributed by atoms with E-state index >= 15 is 0 Å². The van der Waals surface area contributed by atoms with Gasteiger partial charge in [0.2, 0.25) is 5.91 Å². The number of rotatable bonds is 2. The van der Waals surface area contributed by atoms with Gasteiger partial charge in [-0.3, -0.25) is 4.79 Å². The number of piperazine rings is 1. The Kier molecular flexibility index (Phi) is 3.93. The predicted molar refractivity (Wildman–Crippen MR) is 58.1 cm³/mol. The maximum absolute atomic E-state index is 12.0. The van der Waals surface area contributed by atoms with Crippen molar-refractivity contribution in [2.45, 2.75) is 46.2 Å². The molecule has 0 aromatic carbocycles. The maximum atomic E-state index is 12.0. The molecule has 1 amide bonds. The van der Waals surface area contributed by atoms with Gasteiger partial charge in [0.1, 0.15) is 0 Å². The minimum Gasteiger partial charge on any atom is -0.335 e. The molecule has 3 unspecified atom stereocenters. The van der Waals surface area contributed by atoms with Crippen molar-refractivity contribution in [2.75, 3.05) is 13.1 Å². The number of carbonyl (C=O) groups excluding carboxylic acids is 1. The lowest BCUT2D eigenvalue weighted by atomic mass is 10.0. The molecule has 14 heavy (non-hydrogen) atoms. The lowest BCUT2D eigenvalue weighted by Gasteiger charge is -2.40. The Bertz CT molecular complexity index is 195. The summed E-state index contributed by atoms with van der Waals surface area (Å²) in [6, 6.07) is 0.667. The monoisotopic (exact) mass is 198 g/mol. The first-order chi connectivity index (χ1) is 6.57. The van der Waals surface area contributed by atoms with E-state index < -0.39 is 0 Å². The van der Waals surface area contributed by atoms with E-state index in [0.717, 1.165) is 19.5 Å². The molecule has 1 N–H and O–H groups in total. The Morgan fingerprint density at radius 1 is 1.43 bits per heavy atom. The molecule has 3 heteroatoms. The van der Waals surface area contributed by atoms with Crippen LogP contribution in [-0.4, -0.2) is 36.0 Å². The summed E-state index contributed by atoms with van der Waals surface area (Å²) < 4.78 is 0. The Morgan fingerprint density at radius 2 is 1.93 bits per heavy atom. The molecule has 1 aliphatic heterocycles. The smallest absolute Gasteiger partial charge is 0.225 e. The third-order valence-corrected chi connectivity index (χ3v) is 3.12. The highest BCUT2D eigenvalue weighted by molar-refractivity contribution is 5.79. The van der Waals surface area contributed by atoms with Crippen LogP contribution in [0.15, 0.2) is 0 Å². The van der Waals surface area contributed by atoms with Crippen LogP contribution in [0.5, 0.6) is 0 Å². The molecule has 0 spiro atoms. The molecule has 0 aromatic heterocycles. The highest BCUT2D eigenvalue weighted by Gasteiger charge is 2.30. The minimum absolute atomic E-state index is 0.165. The Morgan fingerprint density at radius 3 is 2.36 bits per heavy atom. The zero-order chi connectivity index (χ0) is 10.7. The van der Waals surface area contributed by atoms with E-state index in [1.165, 1.54) is 0 Å². The first kappa shape index (κ1) is 11.5. The van der Waals surface area contributed by atoms with Gasteiger partial charge in [0, 0.05) is 31.1 Å². The van der Waals surface area contributed by atoms with Crippen LogP contribution in [0.3, 0.4) is 0 Å². The van der Waals surface area contributed by atoms with Gasteiger partial charge in [-0.1, -0.05) is 13.8 Å². The van der Waals surface area contributed by atoms with Crippen molar-refractivity contribution in [3.63, 3.8) is 0 Å². The summed E-state index contributed by atoms with van der Waals surface area (Å²) in [7, 11) is 0. The number of hydrogen-bond donors (Lipinski definition) is 1. The van der Waals surface area contributed by atoms with Crippen molar-refractivity contribution in [3.05, 3.63) is 0 Å². The predicted octanol–water partition coefficient (Wildman–Crippen LogP) is 1.24. The molecular weight excluding hydrogens is 176 g/mol. The Hall–Kier alpha value is -0.570. The van der Waals surface area contributed by atoms with E-state index in [9.17, 15) is 4.79 Å². The van der Waals surface area contributed by atoms with Gasteiger partial charge in [-0.05, 0) is 20.3 Å². The average molecular weight is 198 g/mol. The summed E-state index contributed by atoms with van der Waals surface area (Å²) in [4.78, 5) is 14.1. The number of hydrogen-bond acceptors (Lipinski definition) is 2. The van der Waals surface area contributed by atoms with Gasteiger partial charge in [-0.2, -0.15) is 0 Å². The van der Waals surface area contributed by atoms with Gasteiger partial charge in [0.15, 0.2) is 0 Å². The average Bonchev–Trinajstić information content (AvgIpc) is 2.16. The molecule has 0 aromatic rings. The minimum atomic E-state index is 0.165. The maximum Gasteiger partial charge on any atom is 0.225 e. The van der Waals surface area contributed by atoms with Crippen LogP contribution in [0.1, 0.15) is 34.1 Å². The van der Waals surface area contributed by atoms with Crippen LogP contribution in [-0.2, 0) is 4.79 Å². The van der Waals surface area contributed by atoms with Gasteiger partial charge >= 0.3 is 0 Å². The molecule has 1 saturated heterocycles. The lowest BCUT2D eigenvalue weighted by molar-refractivity contribution is -0.140. The molecule has 1 aliphatic rings. The van der Waals surface area contributed by atoms with Crippen LogP contribution in [0.25, 0.3) is 0 Å². The zero-order valence-corrected chi connectivity index (χ0v) is 9.71. The molecule has 0 aliphatic carbocycles. The van der Waals surface area contributed by atoms with Crippen molar-refractivity contribution in [3.8, 4) is 0 Å². The van der Waals surface area contributed by atoms with Crippen LogP contribution < -0.4 is 5.32 Å². The van der Waals surface area contributed by atoms with Crippen molar-refractivity contribution < 1.29 is 4.79 Å². The van der Waals surface area contributed by atoms with Crippen LogP contribution in [0.4, 0.5) is 0 Å². The van der Waals surface area contributed by atoms with Gasteiger partial charge in [-0.25, -0.2) is 0 Å². The summed E-state index contributed by atoms with van der Waals surface area (Å²) in [6.07, 6.45) is 0.933. The van der Waals surface area contributed by atoms with E-state index in [0.29, 0.717) is 18.0 Å². The standard InChI is InChI=1S/C11H22N2O/c1-5-8(2)11(14)13-9(3)6-12-7-10(13)4/h8-10,12H,5-7H2,1-4H3. The molecule has 1 heterocycles. The SMILES string of the molecule is CCC(C)C(=O)N1C(C)CNCC1C. The van der Waals surface area contributed by atoms with Crippen LogP contribution >= 0.6 is 0 Å². The van der Waals surface area contributed by atoms with E-state index in [1.54, 1.807) is 0 Å². The zero-order valence-electron chi connectivity index (χ0n) is 9.71. The highest BCUT2D eigenvalue weighted by Crippen LogP contribution is 2.15. The van der Waals surface area contributed by atoms with Crippen molar-refractivity contribution in [1.82, 2.24) is 10.2 Å². The largest absolute Gasteiger partial charge is 0.335 e. The lowest BCUT2D eigenvalue weighted by Crippen LogP contribution is -2.58. The number of nitrogens with one attached hydrogen (secondary N) is 1. The van der Waals surface area contributed by atoms with Gasteiger partial charge in [-0.15, -0.1) is 0 Å². The van der Waals surface area contributed by atoms with Crippen molar-refractivity contribution in [1.29, 1.82) is 0 Å². The molecule has 0 saturated carbocycles. The van der Waals surface area contributed by atoms with Gasteiger partial charge in [0.05, 0.1) is 0 Å². The summed E-state index contributed by atoms with van der Waals surface area (Å²) in [6.45, 7) is 10.2.